The van der Waals surface area contributed by atoms with Crippen LogP contribution in [0.15, 0.2) is 6.07 Å². The summed E-state index contributed by atoms with van der Waals surface area (Å²) in [5.74, 6) is 1.45. The van der Waals surface area contributed by atoms with Crippen LogP contribution < -0.4 is 10.2 Å². The van der Waals surface area contributed by atoms with E-state index in [0.717, 1.165) is 43.0 Å². The zero-order valence-corrected chi connectivity index (χ0v) is 12.5. The summed E-state index contributed by atoms with van der Waals surface area (Å²) in [7, 11) is 0. The van der Waals surface area contributed by atoms with Gasteiger partial charge in [0.1, 0.15) is 11.9 Å². The molecule has 5 nitrogen and oxygen atoms in total. The van der Waals surface area contributed by atoms with E-state index in [1.165, 1.54) is 0 Å². The van der Waals surface area contributed by atoms with Crippen LogP contribution in [0.5, 0.6) is 0 Å². The van der Waals surface area contributed by atoms with Crippen LogP contribution in [0, 0.1) is 31.1 Å². The van der Waals surface area contributed by atoms with Crippen molar-refractivity contribution in [3.63, 3.8) is 0 Å². The van der Waals surface area contributed by atoms with Gasteiger partial charge >= 0.3 is 0 Å². The molecular weight excluding hydrogens is 264 g/mol. The number of hydrogen-bond donors (Lipinski definition) is 1. The first kappa shape index (κ1) is 13.9. The van der Waals surface area contributed by atoms with Crippen molar-refractivity contribution >= 4 is 11.7 Å². The number of amides is 1. The van der Waals surface area contributed by atoms with Gasteiger partial charge in [0.15, 0.2) is 0 Å². The summed E-state index contributed by atoms with van der Waals surface area (Å²) in [5.41, 5.74) is 2.61. The van der Waals surface area contributed by atoms with Gasteiger partial charge in [0.05, 0.1) is 5.56 Å². The molecule has 0 aliphatic carbocycles. The van der Waals surface area contributed by atoms with Crippen LogP contribution >= 0.6 is 0 Å². The molecule has 5 heteroatoms. The third-order valence-electron chi connectivity index (χ3n) is 4.56. The first-order chi connectivity index (χ1) is 10.1. The van der Waals surface area contributed by atoms with E-state index >= 15 is 0 Å². The van der Waals surface area contributed by atoms with Crippen molar-refractivity contribution in [2.24, 2.45) is 5.92 Å². The van der Waals surface area contributed by atoms with Crippen LogP contribution in [-0.2, 0) is 4.79 Å². The Balaban J connectivity index is 1.86. The highest BCUT2D eigenvalue weighted by atomic mass is 16.1. The molecule has 1 N–H and O–H groups in total. The van der Waals surface area contributed by atoms with Crippen LogP contribution in [0.1, 0.15) is 36.1 Å². The Morgan fingerprint density at radius 3 is 3.00 bits per heavy atom. The van der Waals surface area contributed by atoms with Gasteiger partial charge < -0.3 is 10.2 Å². The zero-order chi connectivity index (χ0) is 15.0. The molecule has 3 heterocycles. The molecule has 2 fully saturated rings. The second-order valence-electron chi connectivity index (χ2n) is 6.10. The van der Waals surface area contributed by atoms with Crippen LogP contribution in [0.25, 0.3) is 0 Å². The van der Waals surface area contributed by atoms with Gasteiger partial charge in [-0.3, -0.25) is 4.79 Å². The Hall–Kier alpha value is -2.09. The minimum Gasteiger partial charge on any atom is -0.355 e. The molecule has 0 radical (unpaired) electrons. The number of anilines is 1. The van der Waals surface area contributed by atoms with Crippen molar-refractivity contribution in [2.75, 3.05) is 18.0 Å². The highest BCUT2D eigenvalue weighted by molar-refractivity contribution is 5.77. The summed E-state index contributed by atoms with van der Waals surface area (Å²) in [6, 6.07) is 4.54. The number of rotatable bonds is 1. The summed E-state index contributed by atoms with van der Waals surface area (Å²) in [6.07, 6.45) is 2.47. The maximum atomic E-state index is 11.5. The number of carbonyl (C=O) groups excluding carboxylic acids is 1. The summed E-state index contributed by atoms with van der Waals surface area (Å²) >= 11 is 0. The fourth-order valence-corrected chi connectivity index (χ4v) is 3.49. The number of aryl methyl sites for hydroxylation is 2. The van der Waals surface area contributed by atoms with Crippen molar-refractivity contribution < 1.29 is 4.79 Å². The second-order valence-corrected chi connectivity index (χ2v) is 6.10. The largest absolute Gasteiger partial charge is 0.355 e. The van der Waals surface area contributed by atoms with Gasteiger partial charge in [0.25, 0.3) is 0 Å². The molecule has 0 bridgehead atoms. The van der Waals surface area contributed by atoms with E-state index in [0.29, 0.717) is 23.9 Å². The molecule has 2 saturated heterocycles. The monoisotopic (exact) mass is 284 g/mol. The molecule has 0 aromatic carbocycles. The molecule has 2 unspecified atom stereocenters. The van der Waals surface area contributed by atoms with E-state index in [9.17, 15) is 10.1 Å². The lowest BCUT2D eigenvalue weighted by Crippen LogP contribution is -2.54. The average Bonchev–Trinajstić information content (AvgIpc) is 2.46. The van der Waals surface area contributed by atoms with Gasteiger partial charge in [-0.05, 0) is 44.2 Å². The van der Waals surface area contributed by atoms with Crippen LogP contribution in [0.2, 0.25) is 0 Å². The van der Waals surface area contributed by atoms with Crippen molar-refractivity contribution in [3.8, 4) is 6.07 Å². The number of nitrogens with one attached hydrogen (secondary N) is 1. The Morgan fingerprint density at radius 2 is 2.24 bits per heavy atom. The van der Waals surface area contributed by atoms with E-state index < -0.39 is 0 Å². The molecule has 110 valence electrons. The van der Waals surface area contributed by atoms with E-state index in [1.807, 2.05) is 19.9 Å². The van der Waals surface area contributed by atoms with Gasteiger partial charge in [-0.25, -0.2) is 4.98 Å². The van der Waals surface area contributed by atoms with Crippen LogP contribution in [0.3, 0.4) is 0 Å². The molecule has 2 aliphatic rings. The molecule has 2 atom stereocenters. The highest BCUT2D eigenvalue weighted by Crippen LogP contribution is 2.30. The summed E-state index contributed by atoms with van der Waals surface area (Å²) in [6.45, 7) is 5.64. The number of hydrogen-bond acceptors (Lipinski definition) is 4. The number of piperidine rings is 2. The lowest BCUT2D eigenvalue weighted by atomic mass is 9.85. The van der Waals surface area contributed by atoms with E-state index in [-0.39, 0.29) is 5.91 Å². The minimum atomic E-state index is 0.173. The third-order valence-corrected chi connectivity index (χ3v) is 4.56. The van der Waals surface area contributed by atoms with Crippen LogP contribution in [-0.4, -0.2) is 30.0 Å². The summed E-state index contributed by atoms with van der Waals surface area (Å²) in [4.78, 5) is 18.3. The molecule has 3 rings (SSSR count). The van der Waals surface area contributed by atoms with Crippen molar-refractivity contribution in [3.05, 3.63) is 22.9 Å². The van der Waals surface area contributed by atoms with Crippen molar-refractivity contribution in [1.29, 1.82) is 5.26 Å². The molecule has 2 aliphatic heterocycles. The van der Waals surface area contributed by atoms with Gasteiger partial charge in [-0.15, -0.1) is 0 Å². The molecule has 1 aromatic heterocycles. The normalized spacial score (nSPS) is 25.0. The number of fused-ring (bicyclic) bond motifs is 1. The number of pyridine rings is 1. The Morgan fingerprint density at radius 1 is 1.43 bits per heavy atom. The highest BCUT2D eigenvalue weighted by Gasteiger charge is 2.34. The molecule has 0 spiro atoms. The summed E-state index contributed by atoms with van der Waals surface area (Å²) < 4.78 is 0. The summed E-state index contributed by atoms with van der Waals surface area (Å²) in [5, 5.41) is 12.5. The van der Waals surface area contributed by atoms with E-state index in [4.69, 9.17) is 0 Å². The number of nitriles is 1. The minimum absolute atomic E-state index is 0.173. The predicted molar refractivity (Wildman–Crippen MR) is 79.9 cm³/mol. The van der Waals surface area contributed by atoms with Gasteiger partial charge in [-0.1, -0.05) is 0 Å². The SMILES string of the molecule is Cc1cc(C)c(C#N)c(N2CCC3NC(=O)CCC3C2)n1. The fraction of sp³-hybridized carbons (Fsp3) is 0.562. The second kappa shape index (κ2) is 5.36. The molecular formula is C16H20N4O. The third kappa shape index (κ3) is 2.58. The maximum Gasteiger partial charge on any atom is 0.220 e. The lowest BCUT2D eigenvalue weighted by molar-refractivity contribution is -0.124. The maximum absolute atomic E-state index is 11.5. The average molecular weight is 284 g/mol. The number of nitrogens with zero attached hydrogens (tertiary/aromatic N) is 3. The number of aromatic nitrogens is 1. The Bertz CT molecular complexity index is 619. The number of carbonyl (C=O) groups is 1. The van der Waals surface area contributed by atoms with Gasteiger partial charge in [0.2, 0.25) is 5.91 Å². The van der Waals surface area contributed by atoms with Crippen molar-refractivity contribution in [1.82, 2.24) is 10.3 Å². The first-order valence-electron chi connectivity index (χ1n) is 7.51. The van der Waals surface area contributed by atoms with Gasteiger partial charge in [0, 0.05) is 31.2 Å². The first-order valence-corrected chi connectivity index (χ1v) is 7.51. The Kier molecular flexibility index (Phi) is 3.54. The van der Waals surface area contributed by atoms with Crippen LogP contribution in [0.4, 0.5) is 5.82 Å². The fourth-order valence-electron chi connectivity index (χ4n) is 3.49. The quantitative estimate of drug-likeness (QED) is 0.852. The van der Waals surface area contributed by atoms with Gasteiger partial charge in [-0.2, -0.15) is 5.26 Å². The molecule has 1 amide bonds. The smallest absolute Gasteiger partial charge is 0.220 e. The Labute approximate surface area is 125 Å². The molecule has 1 aromatic rings. The van der Waals surface area contributed by atoms with E-state index in [2.05, 4.69) is 21.3 Å². The zero-order valence-electron chi connectivity index (χ0n) is 12.5. The molecule has 21 heavy (non-hydrogen) atoms. The molecule has 0 saturated carbocycles. The predicted octanol–water partition coefficient (Wildman–Crippen LogP) is 1.68. The van der Waals surface area contributed by atoms with Crippen molar-refractivity contribution in [2.45, 2.75) is 39.2 Å². The lowest BCUT2D eigenvalue weighted by Gasteiger charge is -2.42. The standard InChI is InChI=1S/C16H20N4O/c1-10-7-11(2)18-16(13(10)8-17)20-6-5-14-12(9-20)3-4-15(21)19-14/h7,12,14H,3-6,9H2,1-2H3,(H,19,21). The topological polar surface area (TPSA) is 69.0 Å². The van der Waals surface area contributed by atoms with E-state index in [1.54, 1.807) is 0 Å².